The molecule has 12 heavy (non-hydrogen) atoms. The zero-order chi connectivity index (χ0) is 9.61. The lowest BCUT2D eigenvalue weighted by atomic mass is 10.2. The van der Waals surface area contributed by atoms with Gasteiger partial charge in [0.05, 0.1) is 5.25 Å². The summed E-state index contributed by atoms with van der Waals surface area (Å²) >= 11 is 0. The van der Waals surface area contributed by atoms with Crippen molar-refractivity contribution in [3.8, 4) is 0 Å². The molecule has 0 aliphatic carbocycles. The summed E-state index contributed by atoms with van der Waals surface area (Å²) in [5, 5.41) is 4.46. The zero-order valence-electron chi connectivity index (χ0n) is 7.07. The van der Waals surface area contributed by atoms with Gasteiger partial charge >= 0.3 is 0 Å². The quantitative estimate of drug-likeness (QED) is 0.490. The minimum Gasteiger partial charge on any atom is -0.330 e. The number of sulfonamides is 1. The fraction of sp³-hybridized carbons (Fsp3) is 1.00. The predicted octanol–water partition coefficient (Wildman–Crippen LogP) is -1.27. The van der Waals surface area contributed by atoms with Crippen molar-refractivity contribution in [3.63, 3.8) is 0 Å². The first kappa shape index (κ1) is 11.8. The highest BCUT2D eigenvalue weighted by molar-refractivity contribution is 7.89. The summed E-state index contributed by atoms with van der Waals surface area (Å²) in [7, 11) is -3.43. The minimum atomic E-state index is -3.43. The van der Waals surface area contributed by atoms with Crippen molar-refractivity contribution in [1.82, 2.24) is 0 Å². The highest BCUT2D eigenvalue weighted by atomic mass is 32.2. The molecule has 74 valence electrons. The molecule has 0 spiro atoms. The molecule has 0 amide bonds. The Bertz CT molecular complexity index is 203. The summed E-state index contributed by atoms with van der Waals surface area (Å²) < 4.78 is 21.8. The number of primary sulfonamides is 1. The lowest BCUT2D eigenvalue weighted by Gasteiger charge is -2.12. The first-order chi connectivity index (χ1) is 5.52. The Morgan fingerprint density at radius 3 is 2.00 bits per heavy atom. The fourth-order valence-corrected chi connectivity index (χ4v) is 1.96. The average molecular weight is 195 g/mol. The van der Waals surface area contributed by atoms with Crippen LogP contribution in [0.1, 0.15) is 19.3 Å². The molecule has 0 heterocycles. The van der Waals surface area contributed by atoms with Gasteiger partial charge in [-0.2, -0.15) is 0 Å². The molecule has 0 aromatic heterocycles. The van der Waals surface area contributed by atoms with Gasteiger partial charge in [-0.05, 0) is 32.4 Å². The number of rotatable bonds is 6. The topological polar surface area (TPSA) is 112 Å². The van der Waals surface area contributed by atoms with E-state index in [0.29, 0.717) is 32.4 Å². The molecule has 0 aliphatic heterocycles. The molecule has 0 fully saturated rings. The van der Waals surface area contributed by atoms with Crippen LogP contribution in [0.2, 0.25) is 0 Å². The number of hydrogen-bond donors (Lipinski definition) is 3. The van der Waals surface area contributed by atoms with Crippen molar-refractivity contribution < 1.29 is 8.42 Å². The standard InChI is InChI=1S/C6H17N3O2S/c7-4-1-2-6(3-5-8)12(9,10)11/h6H,1-5,7-8H2,(H2,9,10,11). The first-order valence-electron chi connectivity index (χ1n) is 3.94. The number of nitrogens with two attached hydrogens (primary N) is 3. The maximum atomic E-state index is 10.9. The van der Waals surface area contributed by atoms with Crippen molar-refractivity contribution in [2.24, 2.45) is 16.6 Å². The van der Waals surface area contributed by atoms with Crippen molar-refractivity contribution in [1.29, 1.82) is 0 Å². The van der Waals surface area contributed by atoms with Gasteiger partial charge in [-0.1, -0.05) is 0 Å². The molecule has 6 heteroatoms. The minimum absolute atomic E-state index is 0.339. The Morgan fingerprint density at radius 1 is 1.08 bits per heavy atom. The molecule has 0 aromatic carbocycles. The van der Waals surface area contributed by atoms with E-state index in [9.17, 15) is 8.42 Å². The van der Waals surface area contributed by atoms with E-state index >= 15 is 0 Å². The van der Waals surface area contributed by atoms with Crippen LogP contribution >= 0.6 is 0 Å². The van der Waals surface area contributed by atoms with Gasteiger partial charge in [-0.15, -0.1) is 0 Å². The summed E-state index contributed by atoms with van der Waals surface area (Å²) in [5.74, 6) is 0. The van der Waals surface area contributed by atoms with Gasteiger partial charge in [0, 0.05) is 0 Å². The number of hydrogen-bond acceptors (Lipinski definition) is 4. The maximum Gasteiger partial charge on any atom is 0.212 e. The lowest BCUT2D eigenvalue weighted by Crippen LogP contribution is -2.31. The van der Waals surface area contributed by atoms with Crippen LogP contribution in [0.4, 0.5) is 0 Å². The van der Waals surface area contributed by atoms with E-state index in [1.165, 1.54) is 0 Å². The second-order valence-electron chi connectivity index (χ2n) is 2.72. The summed E-state index contributed by atoms with van der Waals surface area (Å²) in [6.45, 7) is 0.822. The Labute approximate surface area is 73.3 Å². The van der Waals surface area contributed by atoms with Crippen LogP contribution in [0.25, 0.3) is 0 Å². The molecule has 0 aliphatic rings. The Balaban J connectivity index is 4.05. The first-order valence-corrected chi connectivity index (χ1v) is 5.55. The van der Waals surface area contributed by atoms with E-state index in [4.69, 9.17) is 16.6 Å². The third-order valence-electron chi connectivity index (χ3n) is 1.68. The Morgan fingerprint density at radius 2 is 1.67 bits per heavy atom. The van der Waals surface area contributed by atoms with E-state index in [-0.39, 0.29) is 0 Å². The summed E-state index contributed by atoms with van der Waals surface area (Å²) in [6.07, 6.45) is 1.59. The second-order valence-corrected chi connectivity index (χ2v) is 4.56. The molecule has 5 nitrogen and oxygen atoms in total. The molecule has 0 rings (SSSR count). The van der Waals surface area contributed by atoms with Crippen LogP contribution in [0.3, 0.4) is 0 Å². The van der Waals surface area contributed by atoms with Gasteiger partial charge in [0.2, 0.25) is 10.0 Å². The van der Waals surface area contributed by atoms with Crippen LogP contribution in [0.5, 0.6) is 0 Å². The van der Waals surface area contributed by atoms with Crippen LogP contribution in [-0.2, 0) is 10.0 Å². The molecule has 0 radical (unpaired) electrons. The summed E-state index contributed by atoms with van der Waals surface area (Å²) in [5.41, 5.74) is 10.5. The van der Waals surface area contributed by atoms with E-state index in [0.717, 1.165) is 0 Å². The van der Waals surface area contributed by atoms with Crippen LogP contribution in [0.15, 0.2) is 0 Å². The van der Waals surface area contributed by atoms with Crippen molar-refractivity contribution in [3.05, 3.63) is 0 Å². The van der Waals surface area contributed by atoms with E-state index in [1.807, 2.05) is 0 Å². The molecular weight excluding hydrogens is 178 g/mol. The normalized spacial score (nSPS) is 14.6. The fourth-order valence-electron chi connectivity index (χ4n) is 1.00. The maximum absolute atomic E-state index is 10.9. The molecule has 1 atom stereocenters. The summed E-state index contributed by atoms with van der Waals surface area (Å²) in [6, 6.07) is 0. The van der Waals surface area contributed by atoms with Gasteiger partial charge in [-0.3, -0.25) is 0 Å². The van der Waals surface area contributed by atoms with E-state index in [2.05, 4.69) is 0 Å². The molecule has 1 unspecified atom stereocenters. The van der Waals surface area contributed by atoms with E-state index < -0.39 is 15.3 Å². The third-order valence-corrected chi connectivity index (χ3v) is 3.08. The van der Waals surface area contributed by atoms with Gasteiger partial charge < -0.3 is 11.5 Å². The SMILES string of the molecule is NCCCC(CCN)S(N)(=O)=O. The Hall–Kier alpha value is -0.170. The Kier molecular flexibility index (Phi) is 5.39. The van der Waals surface area contributed by atoms with Gasteiger partial charge in [-0.25, -0.2) is 13.6 Å². The second kappa shape index (κ2) is 5.47. The molecule has 0 aromatic rings. The summed E-state index contributed by atoms with van der Waals surface area (Å²) in [4.78, 5) is 0. The smallest absolute Gasteiger partial charge is 0.212 e. The van der Waals surface area contributed by atoms with Gasteiger partial charge in [0.1, 0.15) is 0 Å². The molecule has 0 saturated carbocycles. The van der Waals surface area contributed by atoms with E-state index in [1.54, 1.807) is 0 Å². The van der Waals surface area contributed by atoms with Crippen LogP contribution < -0.4 is 16.6 Å². The highest BCUT2D eigenvalue weighted by Gasteiger charge is 2.19. The van der Waals surface area contributed by atoms with Crippen LogP contribution in [0, 0.1) is 0 Å². The highest BCUT2D eigenvalue weighted by Crippen LogP contribution is 2.08. The molecule has 0 saturated heterocycles. The monoisotopic (exact) mass is 195 g/mol. The van der Waals surface area contributed by atoms with Gasteiger partial charge in [0.25, 0.3) is 0 Å². The lowest BCUT2D eigenvalue weighted by molar-refractivity contribution is 0.557. The third kappa shape index (κ3) is 4.66. The van der Waals surface area contributed by atoms with Gasteiger partial charge in [0.15, 0.2) is 0 Å². The molecule has 6 N–H and O–H groups in total. The average Bonchev–Trinajstić information content (AvgIpc) is 1.95. The van der Waals surface area contributed by atoms with Crippen molar-refractivity contribution >= 4 is 10.0 Å². The predicted molar refractivity (Wildman–Crippen MR) is 48.9 cm³/mol. The van der Waals surface area contributed by atoms with Crippen LogP contribution in [-0.4, -0.2) is 26.8 Å². The molecule has 0 bridgehead atoms. The largest absolute Gasteiger partial charge is 0.330 e. The molecular formula is C6H17N3O2S. The van der Waals surface area contributed by atoms with Crippen molar-refractivity contribution in [2.45, 2.75) is 24.5 Å². The zero-order valence-corrected chi connectivity index (χ0v) is 7.89. The van der Waals surface area contributed by atoms with Crippen molar-refractivity contribution in [2.75, 3.05) is 13.1 Å².